The lowest BCUT2D eigenvalue weighted by molar-refractivity contribution is -0.163. The molecule has 5 nitrogen and oxygen atoms in total. The van der Waals surface area contributed by atoms with Crippen LogP contribution in [0, 0.1) is 11.3 Å². The summed E-state index contributed by atoms with van der Waals surface area (Å²) in [5.41, 5.74) is 3.37. The molecule has 0 atom stereocenters. The highest BCUT2D eigenvalue weighted by Gasteiger charge is 2.51. The quantitative estimate of drug-likeness (QED) is 0.864. The van der Waals surface area contributed by atoms with Crippen LogP contribution < -0.4 is 0 Å². The predicted molar refractivity (Wildman–Crippen MR) is 112 cm³/mol. The molecule has 5 rings (SSSR count). The van der Waals surface area contributed by atoms with E-state index in [0.717, 1.165) is 18.8 Å². The summed E-state index contributed by atoms with van der Waals surface area (Å²) in [6, 6.07) is 8.86. The highest BCUT2D eigenvalue weighted by molar-refractivity contribution is 5.81. The van der Waals surface area contributed by atoms with Crippen molar-refractivity contribution in [2.75, 3.05) is 13.1 Å². The minimum absolute atomic E-state index is 0.0491. The number of aromatic nitrogens is 2. The van der Waals surface area contributed by atoms with Gasteiger partial charge in [0.2, 0.25) is 5.91 Å². The van der Waals surface area contributed by atoms with Gasteiger partial charge < -0.3 is 14.6 Å². The van der Waals surface area contributed by atoms with E-state index >= 15 is 0 Å². The first-order valence-electron chi connectivity index (χ1n) is 10.9. The molecule has 1 saturated heterocycles. The summed E-state index contributed by atoms with van der Waals surface area (Å²) in [6.45, 7) is 3.68. The van der Waals surface area contributed by atoms with Gasteiger partial charge >= 0.3 is 0 Å². The van der Waals surface area contributed by atoms with Gasteiger partial charge in [-0.15, -0.1) is 0 Å². The Labute approximate surface area is 172 Å². The van der Waals surface area contributed by atoms with Crippen molar-refractivity contribution in [2.24, 2.45) is 18.4 Å². The summed E-state index contributed by atoms with van der Waals surface area (Å²) >= 11 is 0. The molecule has 0 radical (unpaired) electrons. The predicted octanol–water partition coefficient (Wildman–Crippen LogP) is 3.73. The Hall–Kier alpha value is -2.14. The normalized spacial score (nSPS) is 28.8. The van der Waals surface area contributed by atoms with E-state index in [4.69, 9.17) is 0 Å². The number of nitrogens with zero attached hydrogens (tertiary/aromatic N) is 3. The van der Waals surface area contributed by atoms with Crippen LogP contribution in [-0.2, 0) is 11.8 Å². The molecule has 1 aromatic carbocycles. The van der Waals surface area contributed by atoms with Gasteiger partial charge in [-0.05, 0) is 63.0 Å². The standard InChI is InChI=1S/C24H31N3O2/c1-23(29)11-20(12-23)22(28)27-14-24(15-27)8-6-17(7-9-24)18-4-3-5-19(10-18)21-13-26(2)16-25-21/h3-5,10,13,16-17,20,29H,6-9,11-12,14-15H2,1-2H3. The third-order valence-corrected chi connectivity index (χ3v) is 7.49. The van der Waals surface area contributed by atoms with E-state index in [1.54, 1.807) is 0 Å². The van der Waals surface area contributed by atoms with Crippen LogP contribution in [0.4, 0.5) is 0 Å². The number of rotatable bonds is 3. The van der Waals surface area contributed by atoms with Crippen molar-refractivity contribution >= 4 is 5.91 Å². The van der Waals surface area contributed by atoms with Gasteiger partial charge in [-0.25, -0.2) is 4.98 Å². The Morgan fingerprint density at radius 1 is 1.21 bits per heavy atom. The van der Waals surface area contributed by atoms with Crippen LogP contribution in [0.5, 0.6) is 0 Å². The number of hydrogen-bond acceptors (Lipinski definition) is 3. The van der Waals surface area contributed by atoms with Crippen molar-refractivity contribution in [3.05, 3.63) is 42.4 Å². The van der Waals surface area contributed by atoms with Crippen LogP contribution in [0.3, 0.4) is 0 Å². The Bertz CT molecular complexity index is 908. The van der Waals surface area contributed by atoms with Gasteiger partial charge in [-0.3, -0.25) is 4.79 Å². The fourth-order valence-electron chi connectivity index (χ4n) is 5.75. The van der Waals surface area contributed by atoms with E-state index in [0.29, 0.717) is 24.2 Å². The molecule has 1 N–H and O–H groups in total. The van der Waals surface area contributed by atoms with Crippen molar-refractivity contribution in [1.29, 1.82) is 0 Å². The maximum Gasteiger partial charge on any atom is 0.225 e. The lowest BCUT2D eigenvalue weighted by Crippen LogP contribution is -2.62. The maximum atomic E-state index is 12.6. The minimum Gasteiger partial charge on any atom is -0.390 e. The highest BCUT2D eigenvalue weighted by Crippen LogP contribution is 2.50. The molecule has 29 heavy (non-hydrogen) atoms. The number of hydrogen-bond donors (Lipinski definition) is 1. The number of imidazole rings is 1. The summed E-state index contributed by atoms with van der Waals surface area (Å²) in [4.78, 5) is 19.1. The van der Waals surface area contributed by atoms with Crippen LogP contribution in [0.1, 0.15) is 56.9 Å². The van der Waals surface area contributed by atoms with Gasteiger partial charge in [0, 0.05) is 43.2 Å². The van der Waals surface area contributed by atoms with Gasteiger partial charge in [-0.1, -0.05) is 18.2 Å². The van der Waals surface area contributed by atoms with Crippen LogP contribution >= 0.6 is 0 Å². The molecule has 1 spiro atoms. The average Bonchev–Trinajstić information content (AvgIpc) is 3.10. The summed E-state index contributed by atoms with van der Waals surface area (Å²) in [5, 5.41) is 9.90. The average molecular weight is 394 g/mol. The van der Waals surface area contributed by atoms with Gasteiger partial charge in [0.1, 0.15) is 0 Å². The van der Waals surface area contributed by atoms with Crippen molar-refractivity contribution in [2.45, 2.75) is 57.0 Å². The highest BCUT2D eigenvalue weighted by atomic mass is 16.3. The molecular formula is C24H31N3O2. The van der Waals surface area contributed by atoms with E-state index in [-0.39, 0.29) is 11.8 Å². The molecule has 1 aliphatic heterocycles. The second-order valence-electron chi connectivity index (χ2n) is 10.1. The van der Waals surface area contributed by atoms with Crippen LogP contribution in [0.2, 0.25) is 0 Å². The molecule has 2 saturated carbocycles. The van der Waals surface area contributed by atoms with Gasteiger partial charge in [-0.2, -0.15) is 0 Å². The Morgan fingerprint density at radius 2 is 1.93 bits per heavy atom. The fourth-order valence-corrected chi connectivity index (χ4v) is 5.75. The van der Waals surface area contributed by atoms with Gasteiger partial charge in [0.05, 0.1) is 17.6 Å². The van der Waals surface area contributed by atoms with E-state index in [1.165, 1.54) is 36.8 Å². The summed E-state index contributed by atoms with van der Waals surface area (Å²) in [5.74, 6) is 0.927. The van der Waals surface area contributed by atoms with E-state index in [9.17, 15) is 9.90 Å². The largest absolute Gasteiger partial charge is 0.390 e. The summed E-state index contributed by atoms with van der Waals surface area (Å²) < 4.78 is 1.99. The first-order valence-corrected chi connectivity index (χ1v) is 10.9. The van der Waals surface area contributed by atoms with Gasteiger partial charge in [0.15, 0.2) is 0 Å². The Balaban J connectivity index is 1.17. The molecule has 1 amide bonds. The maximum absolute atomic E-state index is 12.6. The molecule has 1 aromatic heterocycles. The zero-order valence-electron chi connectivity index (χ0n) is 17.5. The molecule has 0 unspecified atom stereocenters. The minimum atomic E-state index is -0.620. The van der Waals surface area contributed by atoms with E-state index in [2.05, 4.69) is 35.4 Å². The molecule has 3 aliphatic rings. The molecule has 2 heterocycles. The third-order valence-electron chi connectivity index (χ3n) is 7.49. The first kappa shape index (κ1) is 18.9. The summed E-state index contributed by atoms with van der Waals surface area (Å²) in [6.07, 6.45) is 9.98. The third kappa shape index (κ3) is 3.50. The van der Waals surface area contributed by atoms with E-state index in [1.807, 2.05) is 29.8 Å². The van der Waals surface area contributed by atoms with E-state index < -0.39 is 5.60 Å². The van der Waals surface area contributed by atoms with Crippen molar-refractivity contribution < 1.29 is 9.90 Å². The molecule has 3 fully saturated rings. The second-order valence-corrected chi connectivity index (χ2v) is 10.1. The fraction of sp³-hybridized carbons (Fsp3) is 0.583. The molecule has 154 valence electrons. The topological polar surface area (TPSA) is 58.4 Å². The monoisotopic (exact) mass is 393 g/mol. The van der Waals surface area contributed by atoms with Gasteiger partial charge in [0.25, 0.3) is 0 Å². The number of carbonyl (C=O) groups excluding carboxylic acids is 1. The smallest absolute Gasteiger partial charge is 0.225 e. The number of benzene rings is 1. The lowest BCUT2D eigenvalue weighted by atomic mass is 9.63. The van der Waals surface area contributed by atoms with Crippen LogP contribution in [0.15, 0.2) is 36.8 Å². The Kier molecular flexibility index (Phi) is 4.35. The lowest BCUT2D eigenvalue weighted by Gasteiger charge is -2.55. The molecule has 2 aliphatic carbocycles. The number of amides is 1. The number of carbonyl (C=O) groups is 1. The van der Waals surface area contributed by atoms with Crippen molar-refractivity contribution in [3.63, 3.8) is 0 Å². The molecule has 2 aromatic rings. The van der Waals surface area contributed by atoms with Crippen molar-refractivity contribution in [3.8, 4) is 11.3 Å². The van der Waals surface area contributed by atoms with Crippen LogP contribution in [-0.4, -0.2) is 44.2 Å². The molecule has 0 bridgehead atoms. The number of likely N-dealkylation sites (tertiary alicyclic amines) is 1. The zero-order valence-corrected chi connectivity index (χ0v) is 17.5. The first-order chi connectivity index (χ1) is 13.8. The zero-order chi connectivity index (χ0) is 20.2. The Morgan fingerprint density at radius 3 is 2.55 bits per heavy atom. The molecular weight excluding hydrogens is 362 g/mol. The molecule has 5 heteroatoms. The summed E-state index contributed by atoms with van der Waals surface area (Å²) in [7, 11) is 2.00. The second kappa shape index (κ2) is 6.69. The SMILES string of the molecule is Cn1cnc(-c2cccc(C3CCC4(CC3)CN(C(=O)C3CC(C)(O)C3)C4)c2)c1. The van der Waals surface area contributed by atoms with Crippen molar-refractivity contribution in [1.82, 2.24) is 14.5 Å². The van der Waals surface area contributed by atoms with Crippen LogP contribution in [0.25, 0.3) is 11.3 Å². The number of aliphatic hydroxyl groups is 1. The number of aryl methyl sites for hydroxylation is 1.